The van der Waals surface area contributed by atoms with Crippen molar-refractivity contribution in [2.45, 2.75) is 32.2 Å². The minimum Gasteiger partial charge on any atom is -0.439 e. The molecule has 1 atom stereocenters. The molecule has 2 N–H and O–H groups in total. The van der Waals surface area contributed by atoms with Crippen molar-refractivity contribution in [2.24, 2.45) is 0 Å². The number of likely N-dealkylation sites (tertiary alicyclic amines) is 1. The van der Waals surface area contributed by atoms with Crippen molar-refractivity contribution in [1.82, 2.24) is 20.1 Å². The molecule has 1 saturated heterocycles. The standard InChI is InChI=1S/C22H27N5O3/c1-15-6-3-4-8-17(15)19-11-23-21(30-19)13-27-9-5-7-16(12-27)22-18(10-24-26-22)25-20(28)14-29-2/h3-4,6,8,10-11,16H,5,7,9,12-14H2,1-2H3,(H,24,26)(H,25,28). The van der Waals surface area contributed by atoms with Gasteiger partial charge in [0.05, 0.1) is 30.3 Å². The van der Waals surface area contributed by atoms with Gasteiger partial charge < -0.3 is 14.5 Å². The lowest BCUT2D eigenvalue weighted by molar-refractivity contribution is -0.119. The van der Waals surface area contributed by atoms with E-state index in [1.807, 2.05) is 18.2 Å². The van der Waals surface area contributed by atoms with Crippen LogP contribution in [0.3, 0.4) is 0 Å². The summed E-state index contributed by atoms with van der Waals surface area (Å²) < 4.78 is 10.9. The zero-order chi connectivity index (χ0) is 20.9. The van der Waals surface area contributed by atoms with Crippen LogP contribution in [0, 0.1) is 6.92 Å². The van der Waals surface area contributed by atoms with Gasteiger partial charge in [-0.1, -0.05) is 24.3 Å². The number of benzene rings is 1. The minimum absolute atomic E-state index is 0.0226. The van der Waals surface area contributed by atoms with Gasteiger partial charge in [0.25, 0.3) is 0 Å². The maximum absolute atomic E-state index is 11.9. The molecule has 1 fully saturated rings. The van der Waals surface area contributed by atoms with Crippen molar-refractivity contribution < 1.29 is 13.9 Å². The SMILES string of the molecule is COCC(=O)Nc1cn[nH]c1C1CCCN(Cc2ncc(-c3ccccc3C)o2)C1. The monoisotopic (exact) mass is 409 g/mol. The summed E-state index contributed by atoms with van der Waals surface area (Å²) >= 11 is 0. The number of methoxy groups -OCH3 is 1. The average Bonchev–Trinajstić information content (AvgIpc) is 3.38. The number of aromatic nitrogens is 3. The molecule has 1 aliphatic rings. The van der Waals surface area contributed by atoms with Gasteiger partial charge in [0.15, 0.2) is 5.76 Å². The lowest BCUT2D eigenvalue weighted by atomic mass is 9.94. The van der Waals surface area contributed by atoms with Crippen LogP contribution < -0.4 is 5.32 Å². The predicted molar refractivity (Wildman–Crippen MR) is 113 cm³/mol. The Labute approximate surface area is 175 Å². The zero-order valence-corrected chi connectivity index (χ0v) is 17.4. The number of aryl methyl sites for hydroxylation is 1. The van der Waals surface area contributed by atoms with E-state index >= 15 is 0 Å². The molecule has 8 nitrogen and oxygen atoms in total. The molecule has 8 heteroatoms. The number of oxazole rings is 1. The first-order valence-corrected chi connectivity index (χ1v) is 10.2. The number of rotatable bonds is 7. The fourth-order valence-electron chi connectivity index (χ4n) is 4.01. The third-order valence-corrected chi connectivity index (χ3v) is 5.46. The van der Waals surface area contributed by atoms with E-state index in [4.69, 9.17) is 9.15 Å². The van der Waals surface area contributed by atoms with E-state index in [1.165, 1.54) is 12.7 Å². The maximum atomic E-state index is 11.9. The molecule has 0 radical (unpaired) electrons. The molecule has 0 bridgehead atoms. The summed E-state index contributed by atoms with van der Waals surface area (Å²) in [5.41, 5.74) is 3.92. The highest BCUT2D eigenvalue weighted by atomic mass is 16.5. The fourth-order valence-corrected chi connectivity index (χ4v) is 4.01. The van der Waals surface area contributed by atoms with Crippen molar-refractivity contribution in [3.8, 4) is 11.3 Å². The summed E-state index contributed by atoms with van der Waals surface area (Å²) in [6, 6.07) is 8.15. The molecule has 3 heterocycles. The van der Waals surface area contributed by atoms with Gasteiger partial charge in [0.2, 0.25) is 11.8 Å². The van der Waals surface area contributed by atoms with Crippen molar-refractivity contribution in [1.29, 1.82) is 0 Å². The van der Waals surface area contributed by atoms with E-state index in [-0.39, 0.29) is 18.4 Å². The maximum Gasteiger partial charge on any atom is 0.250 e. The highest BCUT2D eigenvalue weighted by molar-refractivity contribution is 5.92. The van der Waals surface area contributed by atoms with Gasteiger partial charge in [-0.05, 0) is 31.9 Å². The Balaban J connectivity index is 1.42. The molecular weight excluding hydrogens is 382 g/mol. The topological polar surface area (TPSA) is 96.3 Å². The molecule has 1 unspecified atom stereocenters. The smallest absolute Gasteiger partial charge is 0.250 e. The van der Waals surface area contributed by atoms with E-state index in [0.717, 1.165) is 48.6 Å². The van der Waals surface area contributed by atoms with E-state index in [9.17, 15) is 4.79 Å². The molecule has 1 aromatic carbocycles. The summed E-state index contributed by atoms with van der Waals surface area (Å²) in [5, 5.41) is 10.1. The van der Waals surface area contributed by atoms with E-state index in [1.54, 1.807) is 12.4 Å². The highest BCUT2D eigenvalue weighted by Gasteiger charge is 2.26. The van der Waals surface area contributed by atoms with Crippen LogP contribution in [0.15, 0.2) is 41.1 Å². The van der Waals surface area contributed by atoms with Gasteiger partial charge in [0, 0.05) is 25.1 Å². The van der Waals surface area contributed by atoms with Crippen molar-refractivity contribution in [2.75, 3.05) is 32.1 Å². The lowest BCUT2D eigenvalue weighted by Crippen LogP contribution is -2.34. The van der Waals surface area contributed by atoms with Gasteiger partial charge in [-0.3, -0.25) is 14.8 Å². The largest absolute Gasteiger partial charge is 0.439 e. The van der Waals surface area contributed by atoms with Gasteiger partial charge in [-0.25, -0.2) is 4.98 Å². The first kappa shape index (κ1) is 20.3. The summed E-state index contributed by atoms with van der Waals surface area (Å²) in [6.07, 6.45) is 5.55. The summed E-state index contributed by atoms with van der Waals surface area (Å²) in [5.74, 6) is 1.58. The molecule has 1 aliphatic heterocycles. The number of hydrogen-bond donors (Lipinski definition) is 2. The first-order chi connectivity index (χ1) is 14.6. The zero-order valence-electron chi connectivity index (χ0n) is 17.4. The van der Waals surface area contributed by atoms with E-state index in [0.29, 0.717) is 12.4 Å². The fraction of sp³-hybridized carbons (Fsp3) is 0.409. The quantitative estimate of drug-likeness (QED) is 0.621. The number of nitrogens with zero attached hydrogens (tertiary/aromatic N) is 3. The number of ether oxygens (including phenoxy) is 1. The first-order valence-electron chi connectivity index (χ1n) is 10.2. The van der Waals surface area contributed by atoms with Crippen molar-refractivity contribution in [3.63, 3.8) is 0 Å². The van der Waals surface area contributed by atoms with Crippen LogP contribution in [0.4, 0.5) is 5.69 Å². The number of carbonyl (C=O) groups is 1. The van der Waals surface area contributed by atoms with Gasteiger partial charge in [-0.2, -0.15) is 5.10 Å². The Morgan fingerprint density at radius 1 is 1.37 bits per heavy atom. The summed E-state index contributed by atoms with van der Waals surface area (Å²) in [4.78, 5) is 18.7. The number of hydrogen-bond acceptors (Lipinski definition) is 6. The molecular formula is C22H27N5O3. The molecule has 1 amide bonds. The molecule has 4 rings (SSSR count). The lowest BCUT2D eigenvalue weighted by Gasteiger charge is -2.31. The third-order valence-electron chi connectivity index (χ3n) is 5.46. The third kappa shape index (κ3) is 4.60. The number of piperidine rings is 1. The molecule has 0 aliphatic carbocycles. The van der Waals surface area contributed by atoms with E-state index < -0.39 is 0 Å². The average molecular weight is 409 g/mol. The van der Waals surface area contributed by atoms with Crippen LogP contribution in [0.1, 0.15) is 35.9 Å². The van der Waals surface area contributed by atoms with Crippen LogP contribution in [0.5, 0.6) is 0 Å². The number of aromatic amines is 1. The molecule has 30 heavy (non-hydrogen) atoms. The van der Waals surface area contributed by atoms with E-state index in [2.05, 4.69) is 38.4 Å². The number of H-pyrrole nitrogens is 1. The van der Waals surface area contributed by atoms with Crippen molar-refractivity contribution in [3.05, 3.63) is 53.8 Å². The molecule has 0 saturated carbocycles. The van der Waals surface area contributed by atoms with Gasteiger partial charge in [-0.15, -0.1) is 0 Å². The second-order valence-corrected chi connectivity index (χ2v) is 7.69. The van der Waals surface area contributed by atoms with Crippen molar-refractivity contribution >= 4 is 11.6 Å². The number of carbonyl (C=O) groups excluding carboxylic acids is 1. The normalized spacial score (nSPS) is 17.2. The Kier molecular flexibility index (Phi) is 6.25. The molecule has 158 valence electrons. The molecule has 0 spiro atoms. The second kappa shape index (κ2) is 9.23. The predicted octanol–water partition coefficient (Wildman–Crippen LogP) is 3.34. The number of amides is 1. The number of anilines is 1. The molecule has 2 aromatic heterocycles. The Morgan fingerprint density at radius 2 is 2.23 bits per heavy atom. The molecule has 3 aromatic rings. The Bertz CT molecular complexity index is 996. The Hall–Kier alpha value is -2.97. The number of nitrogens with one attached hydrogen (secondary N) is 2. The minimum atomic E-state index is -0.184. The summed E-state index contributed by atoms with van der Waals surface area (Å²) in [6.45, 7) is 4.58. The summed E-state index contributed by atoms with van der Waals surface area (Å²) in [7, 11) is 1.50. The van der Waals surface area contributed by atoms with Crippen LogP contribution in [-0.2, 0) is 16.1 Å². The van der Waals surface area contributed by atoms with Crippen LogP contribution in [0.2, 0.25) is 0 Å². The van der Waals surface area contributed by atoms with Crippen LogP contribution in [-0.4, -0.2) is 52.8 Å². The Morgan fingerprint density at radius 3 is 3.07 bits per heavy atom. The van der Waals surface area contributed by atoms with Crippen LogP contribution >= 0.6 is 0 Å². The second-order valence-electron chi connectivity index (χ2n) is 7.69. The van der Waals surface area contributed by atoms with Gasteiger partial charge >= 0.3 is 0 Å². The van der Waals surface area contributed by atoms with Gasteiger partial charge in [0.1, 0.15) is 6.61 Å². The highest BCUT2D eigenvalue weighted by Crippen LogP contribution is 2.31. The van der Waals surface area contributed by atoms with Crippen LogP contribution in [0.25, 0.3) is 11.3 Å².